The highest BCUT2D eigenvalue weighted by Crippen LogP contribution is 2.29. The zero-order valence-corrected chi connectivity index (χ0v) is 11.6. The quantitative estimate of drug-likeness (QED) is 0.384. The summed E-state index contributed by atoms with van der Waals surface area (Å²) in [6.07, 6.45) is 9.10. The van der Waals surface area contributed by atoms with E-state index in [0.29, 0.717) is 11.4 Å². The van der Waals surface area contributed by atoms with Crippen molar-refractivity contribution in [3.05, 3.63) is 22.9 Å². The molecule has 3 rings (SSSR count). The van der Waals surface area contributed by atoms with Crippen molar-refractivity contribution in [2.75, 3.05) is 0 Å². The molecule has 0 unspecified atom stereocenters. The van der Waals surface area contributed by atoms with Crippen molar-refractivity contribution >= 4 is 5.84 Å². The zero-order chi connectivity index (χ0) is 13.9. The van der Waals surface area contributed by atoms with Crippen LogP contribution in [0.1, 0.15) is 55.3 Å². The van der Waals surface area contributed by atoms with Gasteiger partial charge in [-0.3, -0.25) is 0 Å². The second-order valence-corrected chi connectivity index (χ2v) is 5.66. The topological polar surface area (TPSA) is 80.7 Å². The van der Waals surface area contributed by atoms with E-state index in [1.54, 1.807) is 0 Å². The molecule has 3 N–H and O–H groups in total. The molecule has 5 heteroatoms. The van der Waals surface area contributed by atoms with Gasteiger partial charge in [0.15, 0.2) is 5.84 Å². The van der Waals surface area contributed by atoms with Gasteiger partial charge < -0.3 is 15.7 Å². The van der Waals surface area contributed by atoms with Crippen LogP contribution in [-0.2, 0) is 12.8 Å². The number of pyridine rings is 1. The van der Waals surface area contributed by atoms with E-state index in [-0.39, 0.29) is 11.9 Å². The molecule has 1 aromatic heterocycles. The van der Waals surface area contributed by atoms with Crippen molar-refractivity contribution in [3.8, 4) is 5.88 Å². The average Bonchev–Trinajstić information content (AvgIpc) is 2.98. The molecule has 0 spiro atoms. The first-order valence-electron chi connectivity index (χ1n) is 7.45. The molecule has 0 aliphatic heterocycles. The van der Waals surface area contributed by atoms with Crippen molar-refractivity contribution < 1.29 is 9.94 Å². The summed E-state index contributed by atoms with van der Waals surface area (Å²) in [7, 11) is 0. The highest BCUT2D eigenvalue weighted by atomic mass is 16.5. The lowest BCUT2D eigenvalue weighted by atomic mass is 9.95. The van der Waals surface area contributed by atoms with Crippen LogP contribution >= 0.6 is 0 Å². The normalized spacial score (nSPS) is 19.9. The van der Waals surface area contributed by atoms with Crippen LogP contribution in [0.5, 0.6) is 5.88 Å². The zero-order valence-electron chi connectivity index (χ0n) is 11.6. The number of aromatic nitrogens is 1. The highest BCUT2D eigenvalue weighted by Gasteiger charge is 2.22. The minimum absolute atomic E-state index is 0.0823. The molecule has 2 aliphatic rings. The van der Waals surface area contributed by atoms with Gasteiger partial charge >= 0.3 is 0 Å². The number of hydrogen-bond donors (Lipinski definition) is 2. The van der Waals surface area contributed by atoms with E-state index in [1.807, 2.05) is 6.07 Å². The first-order valence-corrected chi connectivity index (χ1v) is 7.45. The van der Waals surface area contributed by atoms with Crippen LogP contribution in [0.15, 0.2) is 11.2 Å². The summed E-state index contributed by atoms with van der Waals surface area (Å²) in [5.41, 5.74) is 8.72. The lowest BCUT2D eigenvalue weighted by molar-refractivity contribution is 0.200. The van der Waals surface area contributed by atoms with Crippen LogP contribution < -0.4 is 10.5 Å². The maximum absolute atomic E-state index is 8.96. The fraction of sp³-hybridized carbons (Fsp3) is 0.600. The number of oxime groups is 1. The lowest BCUT2D eigenvalue weighted by Gasteiger charge is -2.20. The van der Waals surface area contributed by atoms with Crippen LogP contribution in [0.4, 0.5) is 0 Å². The van der Waals surface area contributed by atoms with Gasteiger partial charge in [-0.2, -0.15) is 0 Å². The van der Waals surface area contributed by atoms with Gasteiger partial charge in [-0.25, -0.2) is 4.98 Å². The van der Waals surface area contributed by atoms with Gasteiger partial charge in [-0.15, -0.1) is 0 Å². The van der Waals surface area contributed by atoms with E-state index in [4.69, 9.17) is 15.7 Å². The Bertz CT molecular complexity index is 522. The van der Waals surface area contributed by atoms with Gasteiger partial charge in [0.25, 0.3) is 0 Å². The molecular formula is C15H21N3O2. The Morgan fingerprint density at radius 1 is 1.25 bits per heavy atom. The Hall–Kier alpha value is -1.78. The third-order valence-corrected chi connectivity index (χ3v) is 4.23. The lowest BCUT2D eigenvalue weighted by Crippen LogP contribution is -2.21. The highest BCUT2D eigenvalue weighted by molar-refractivity contribution is 5.99. The second kappa shape index (κ2) is 5.69. The molecule has 1 saturated carbocycles. The molecule has 2 aliphatic carbocycles. The summed E-state index contributed by atoms with van der Waals surface area (Å²) in [6, 6.07) is 1.99. The number of hydrogen-bond acceptors (Lipinski definition) is 4. The van der Waals surface area contributed by atoms with Crippen LogP contribution in [0.2, 0.25) is 0 Å². The molecular weight excluding hydrogens is 254 g/mol. The van der Waals surface area contributed by atoms with Gasteiger partial charge in [0, 0.05) is 5.69 Å². The van der Waals surface area contributed by atoms with Crippen LogP contribution in [0, 0.1) is 0 Å². The summed E-state index contributed by atoms with van der Waals surface area (Å²) in [5, 5.41) is 12.1. The van der Waals surface area contributed by atoms with Gasteiger partial charge in [-0.05, 0) is 63.0 Å². The molecule has 1 aromatic rings. The van der Waals surface area contributed by atoms with E-state index < -0.39 is 0 Å². The van der Waals surface area contributed by atoms with E-state index in [2.05, 4.69) is 10.1 Å². The third kappa shape index (κ3) is 2.57. The number of amidine groups is 1. The van der Waals surface area contributed by atoms with Gasteiger partial charge in [0.05, 0.1) is 5.56 Å². The predicted octanol–water partition coefficient (Wildman–Crippen LogP) is 2.38. The second-order valence-electron chi connectivity index (χ2n) is 5.66. The molecule has 5 nitrogen and oxygen atoms in total. The van der Waals surface area contributed by atoms with E-state index in [0.717, 1.165) is 31.4 Å². The Labute approximate surface area is 118 Å². The molecule has 108 valence electrons. The first kappa shape index (κ1) is 13.2. The SMILES string of the molecule is NC(=NO)c1cc2c(nc1OC1CCCC1)CCCC2. The molecule has 0 amide bonds. The first-order chi connectivity index (χ1) is 9.78. The number of aryl methyl sites for hydroxylation is 2. The monoisotopic (exact) mass is 275 g/mol. The summed E-state index contributed by atoms with van der Waals surface area (Å²) in [4.78, 5) is 4.65. The third-order valence-electron chi connectivity index (χ3n) is 4.23. The minimum Gasteiger partial charge on any atom is -0.474 e. The molecule has 20 heavy (non-hydrogen) atoms. The fourth-order valence-corrected chi connectivity index (χ4v) is 3.11. The molecule has 1 heterocycles. The van der Waals surface area contributed by atoms with Crippen LogP contribution in [0.25, 0.3) is 0 Å². The molecule has 0 atom stereocenters. The number of rotatable bonds is 3. The summed E-state index contributed by atoms with van der Waals surface area (Å²) in [5.74, 6) is 0.617. The van der Waals surface area contributed by atoms with Crippen LogP contribution in [0.3, 0.4) is 0 Å². The van der Waals surface area contributed by atoms with Crippen molar-refractivity contribution in [3.63, 3.8) is 0 Å². The van der Waals surface area contributed by atoms with E-state index in [9.17, 15) is 0 Å². The van der Waals surface area contributed by atoms with Crippen LogP contribution in [-0.4, -0.2) is 22.1 Å². The van der Waals surface area contributed by atoms with Gasteiger partial charge in [0.1, 0.15) is 6.10 Å². The molecule has 0 bridgehead atoms. The fourth-order valence-electron chi connectivity index (χ4n) is 3.11. The maximum atomic E-state index is 8.96. The molecule has 0 saturated heterocycles. The van der Waals surface area contributed by atoms with Crippen molar-refractivity contribution in [1.29, 1.82) is 0 Å². The molecule has 0 aromatic carbocycles. The summed E-state index contributed by atoms with van der Waals surface area (Å²) < 4.78 is 6.01. The van der Waals surface area contributed by atoms with Crippen molar-refractivity contribution in [1.82, 2.24) is 4.98 Å². The van der Waals surface area contributed by atoms with Crippen molar-refractivity contribution in [2.24, 2.45) is 10.9 Å². The average molecular weight is 275 g/mol. The van der Waals surface area contributed by atoms with E-state index in [1.165, 1.54) is 31.2 Å². The van der Waals surface area contributed by atoms with Gasteiger partial charge in [-0.1, -0.05) is 5.16 Å². The number of nitrogens with two attached hydrogens (primary N) is 1. The standard InChI is InChI=1S/C15H21N3O2/c16-14(18-19)12-9-10-5-1-4-8-13(10)17-15(12)20-11-6-2-3-7-11/h9,11,19H,1-8H2,(H2,16,18). The van der Waals surface area contributed by atoms with E-state index >= 15 is 0 Å². The Balaban J connectivity index is 1.96. The number of fused-ring (bicyclic) bond motifs is 1. The molecule has 1 fully saturated rings. The smallest absolute Gasteiger partial charge is 0.225 e. The number of nitrogens with zero attached hydrogens (tertiary/aromatic N) is 2. The van der Waals surface area contributed by atoms with Crippen molar-refractivity contribution in [2.45, 2.75) is 57.5 Å². The minimum atomic E-state index is 0.0823. The largest absolute Gasteiger partial charge is 0.474 e. The Morgan fingerprint density at radius 3 is 2.75 bits per heavy atom. The Kier molecular flexibility index (Phi) is 3.76. The summed E-state index contributed by atoms with van der Waals surface area (Å²) in [6.45, 7) is 0. The maximum Gasteiger partial charge on any atom is 0.225 e. The predicted molar refractivity (Wildman–Crippen MR) is 76.3 cm³/mol. The molecule has 0 radical (unpaired) electrons. The van der Waals surface area contributed by atoms with Gasteiger partial charge in [0.2, 0.25) is 5.88 Å². The Morgan fingerprint density at radius 2 is 2.00 bits per heavy atom. The number of ether oxygens (including phenoxy) is 1. The summed E-state index contributed by atoms with van der Waals surface area (Å²) >= 11 is 0.